The summed E-state index contributed by atoms with van der Waals surface area (Å²) in [4.78, 5) is 18.6. The number of fused-ring (bicyclic) bond motifs is 1. The number of hydrogen-bond donors (Lipinski definition) is 2. The van der Waals surface area contributed by atoms with Gasteiger partial charge < -0.3 is 16.0 Å². The number of carbonyl (C=O) groups excluding carboxylic acids is 1. The molecule has 0 aliphatic rings. The Kier molecular flexibility index (Phi) is 4.62. The summed E-state index contributed by atoms with van der Waals surface area (Å²) in [7, 11) is 0. The van der Waals surface area contributed by atoms with E-state index in [2.05, 4.69) is 10.3 Å². The monoisotopic (exact) mass is 286 g/mol. The van der Waals surface area contributed by atoms with Crippen molar-refractivity contribution in [2.24, 2.45) is 0 Å². The maximum Gasteiger partial charge on any atom is 0.244 e. The van der Waals surface area contributed by atoms with Crippen molar-refractivity contribution in [1.82, 2.24) is 9.88 Å². The average molecular weight is 286 g/mol. The van der Waals surface area contributed by atoms with Crippen LogP contribution in [0.2, 0.25) is 0 Å². The molecule has 0 saturated heterocycles. The van der Waals surface area contributed by atoms with Crippen molar-refractivity contribution in [2.45, 2.75) is 26.8 Å². The van der Waals surface area contributed by atoms with Gasteiger partial charge in [0, 0.05) is 24.2 Å². The van der Waals surface area contributed by atoms with E-state index in [9.17, 15) is 4.79 Å². The molecular formula is C16H22N4O. The first-order chi connectivity index (χ1) is 10.0. The number of nitrogen functional groups attached to an aromatic ring is 1. The first-order valence-corrected chi connectivity index (χ1v) is 7.26. The molecule has 2 aromatic rings. The lowest BCUT2D eigenvalue weighted by molar-refractivity contribution is -0.131. The SMILES string of the molecule is CCN(CC)C(=O)C(C)Nc1ccc2cc(N)ccc2n1. The highest BCUT2D eigenvalue weighted by atomic mass is 16.2. The summed E-state index contributed by atoms with van der Waals surface area (Å²) in [5, 5.41) is 4.15. The molecule has 5 heteroatoms. The van der Waals surface area contributed by atoms with Gasteiger partial charge in [0.15, 0.2) is 0 Å². The number of benzene rings is 1. The lowest BCUT2D eigenvalue weighted by Crippen LogP contribution is -2.41. The van der Waals surface area contributed by atoms with Gasteiger partial charge in [-0.15, -0.1) is 0 Å². The number of nitrogens with two attached hydrogens (primary N) is 1. The molecule has 0 saturated carbocycles. The Hall–Kier alpha value is -2.30. The molecule has 1 atom stereocenters. The number of amides is 1. The molecule has 0 aliphatic carbocycles. The van der Waals surface area contributed by atoms with Crippen molar-refractivity contribution in [2.75, 3.05) is 24.1 Å². The largest absolute Gasteiger partial charge is 0.399 e. The molecule has 21 heavy (non-hydrogen) atoms. The zero-order valence-electron chi connectivity index (χ0n) is 12.8. The minimum atomic E-state index is -0.302. The number of likely N-dealkylation sites (N-methyl/N-ethyl adjacent to an activating group) is 1. The normalized spacial score (nSPS) is 12.1. The van der Waals surface area contributed by atoms with Gasteiger partial charge in [-0.3, -0.25) is 4.79 Å². The Labute approximate surface area is 125 Å². The molecule has 0 aliphatic heterocycles. The van der Waals surface area contributed by atoms with Gasteiger partial charge in [-0.25, -0.2) is 4.98 Å². The van der Waals surface area contributed by atoms with Crippen LogP contribution in [-0.2, 0) is 4.79 Å². The van der Waals surface area contributed by atoms with E-state index in [-0.39, 0.29) is 11.9 Å². The third-order valence-corrected chi connectivity index (χ3v) is 3.52. The third kappa shape index (κ3) is 3.42. The summed E-state index contributed by atoms with van der Waals surface area (Å²) >= 11 is 0. The van der Waals surface area contributed by atoms with Gasteiger partial charge >= 0.3 is 0 Å². The van der Waals surface area contributed by atoms with Gasteiger partial charge in [0.25, 0.3) is 0 Å². The minimum Gasteiger partial charge on any atom is -0.399 e. The van der Waals surface area contributed by atoms with E-state index in [4.69, 9.17) is 5.73 Å². The van der Waals surface area contributed by atoms with Crippen LogP contribution < -0.4 is 11.1 Å². The standard InChI is InChI=1S/C16H22N4O/c1-4-20(5-2)16(21)11(3)18-15-9-6-12-10-13(17)7-8-14(12)19-15/h6-11H,4-5,17H2,1-3H3,(H,18,19). The Morgan fingerprint density at radius 1 is 1.29 bits per heavy atom. The van der Waals surface area contributed by atoms with E-state index in [0.717, 1.165) is 16.6 Å². The van der Waals surface area contributed by atoms with Gasteiger partial charge in [0.05, 0.1) is 5.52 Å². The van der Waals surface area contributed by atoms with E-state index in [1.165, 1.54) is 0 Å². The highest BCUT2D eigenvalue weighted by Crippen LogP contribution is 2.18. The zero-order valence-corrected chi connectivity index (χ0v) is 12.8. The lowest BCUT2D eigenvalue weighted by atomic mass is 10.2. The topological polar surface area (TPSA) is 71.2 Å². The van der Waals surface area contributed by atoms with Crippen LogP contribution in [0.5, 0.6) is 0 Å². The van der Waals surface area contributed by atoms with Crippen LogP contribution in [0.1, 0.15) is 20.8 Å². The number of rotatable bonds is 5. The second-order valence-electron chi connectivity index (χ2n) is 5.03. The Bertz CT molecular complexity index is 637. The Morgan fingerprint density at radius 2 is 2.00 bits per heavy atom. The van der Waals surface area contributed by atoms with Crippen LogP contribution >= 0.6 is 0 Å². The van der Waals surface area contributed by atoms with Gasteiger partial charge in [0.1, 0.15) is 11.9 Å². The van der Waals surface area contributed by atoms with Gasteiger partial charge in [-0.05, 0) is 51.1 Å². The van der Waals surface area contributed by atoms with E-state index in [1.54, 1.807) is 4.90 Å². The molecule has 1 aromatic carbocycles. The molecular weight excluding hydrogens is 264 g/mol. The van der Waals surface area contributed by atoms with Crippen LogP contribution in [0.4, 0.5) is 11.5 Å². The Morgan fingerprint density at radius 3 is 2.67 bits per heavy atom. The Balaban J connectivity index is 2.15. The fourth-order valence-corrected chi connectivity index (χ4v) is 2.32. The molecule has 1 unspecified atom stereocenters. The van der Waals surface area contributed by atoms with Gasteiger partial charge in [0.2, 0.25) is 5.91 Å². The highest BCUT2D eigenvalue weighted by Gasteiger charge is 2.18. The first kappa shape index (κ1) is 15.1. The fourth-order valence-electron chi connectivity index (χ4n) is 2.32. The van der Waals surface area contributed by atoms with Crippen molar-refractivity contribution in [3.8, 4) is 0 Å². The smallest absolute Gasteiger partial charge is 0.244 e. The first-order valence-electron chi connectivity index (χ1n) is 7.26. The summed E-state index contributed by atoms with van der Waals surface area (Å²) in [5.41, 5.74) is 7.33. The number of anilines is 2. The number of hydrogen-bond acceptors (Lipinski definition) is 4. The molecule has 0 bridgehead atoms. The van der Waals surface area contributed by atoms with Crippen LogP contribution in [0.15, 0.2) is 30.3 Å². The predicted octanol–water partition coefficient (Wildman–Crippen LogP) is 2.49. The molecule has 1 amide bonds. The second-order valence-corrected chi connectivity index (χ2v) is 5.03. The fraction of sp³-hybridized carbons (Fsp3) is 0.375. The number of nitrogens with zero attached hydrogens (tertiary/aromatic N) is 2. The molecule has 0 fully saturated rings. The van der Waals surface area contributed by atoms with Crippen LogP contribution in [-0.4, -0.2) is 34.9 Å². The average Bonchev–Trinajstić information content (AvgIpc) is 2.48. The van der Waals surface area contributed by atoms with E-state index in [1.807, 2.05) is 51.1 Å². The van der Waals surface area contributed by atoms with Crippen molar-refractivity contribution in [3.63, 3.8) is 0 Å². The van der Waals surface area contributed by atoms with Gasteiger partial charge in [-0.1, -0.05) is 0 Å². The summed E-state index contributed by atoms with van der Waals surface area (Å²) in [6.07, 6.45) is 0. The summed E-state index contributed by atoms with van der Waals surface area (Å²) < 4.78 is 0. The molecule has 5 nitrogen and oxygen atoms in total. The van der Waals surface area contributed by atoms with Crippen LogP contribution in [0.25, 0.3) is 10.9 Å². The van der Waals surface area contributed by atoms with E-state index < -0.39 is 0 Å². The van der Waals surface area contributed by atoms with Crippen LogP contribution in [0, 0.1) is 0 Å². The predicted molar refractivity (Wildman–Crippen MR) is 87.2 cm³/mol. The summed E-state index contributed by atoms with van der Waals surface area (Å²) in [5.74, 6) is 0.777. The van der Waals surface area contributed by atoms with Crippen molar-refractivity contribution < 1.29 is 4.79 Å². The molecule has 2 rings (SSSR count). The number of aromatic nitrogens is 1. The van der Waals surface area contributed by atoms with Crippen LogP contribution in [0.3, 0.4) is 0 Å². The maximum absolute atomic E-state index is 12.2. The van der Waals surface area contributed by atoms with Gasteiger partial charge in [-0.2, -0.15) is 0 Å². The quantitative estimate of drug-likeness (QED) is 0.828. The molecule has 112 valence electrons. The molecule has 0 radical (unpaired) electrons. The minimum absolute atomic E-state index is 0.0826. The lowest BCUT2D eigenvalue weighted by Gasteiger charge is -2.23. The van der Waals surface area contributed by atoms with Crippen molar-refractivity contribution in [3.05, 3.63) is 30.3 Å². The summed E-state index contributed by atoms with van der Waals surface area (Å²) in [6.45, 7) is 7.24. The zero-order chi connectivity index (χ0) is 15.4. The third-order valence-electron chi connectivity index (χ3n) is 3.52. The van der Waals surface area contributed by atoms with Crippen molar-refractivity contribution in [1.29, 1.82) is 0 Å². The number of pyridine rings is 1. The molecule has 0 spiro atoms. The maximum atomic E-state index is 12.2. The second kappa shape index (κ2) is 6.43. The molecule has 1 heterocycles. The summed E-state index contributed by atoms with van der Waals surface area (Å²) in [6, 6.07) is 9.11. The van der Waals surface area contributed by atoms with E-state index >= 15 is 0 Å². The van der Waals surface area contributed by atoms with Crippen molar-refractivity contribution >= 4 is 28.3 Å². The highest BCUT2D eigenvalue weighted by molar-refractivity contribution is 5.86. The number of carbonyl (C=O) groups is 1. The van der Waals surface area contributed by atoms with E-state index in [0.29, 0.717) is 18.9 Å². The molecule has 1 aromatic heterocycles. The molecule has 3 N–H and O–H groups in total. The number of nitrogens with one attached hydrogen (secondary N) is 1.